The van der Waals surface area contributed by atoms with Crippen LogP contribution in [0.25, 0.3) is 10.9 Å². The standard InChI is InChI=1S/C23H22N4O6/c1-24-11-20(28)26-17(23(29)31-2)10-15-14-5-3-4-6-16(14)27(25-30)22(15)21(26)13-7-8-18-19(9-13)33-12-32-18/h3-9,17,21,24H,10-12H2,1-2H3/t17-,21+/m0/s1. The van der Waals surface area contributed by atoms with E-state index in [1.165, 1.54) is 16.7 Å². The first-order valence-corrected chi connectivity index (χ1v) is 10.5. The van der Waals surface area contributed by atoms with Crippen LogP contribution in [0, 0.1) is 4.91 Å². The minimum absolute atomic E-state index is 0.00136. The SMILES string of the molecule is CNCC(=O)N1[C@H](c2ccc3c(c2)OCO3)c2c(c3ccccc3n2N=O)C[C@H]1C(=O)OC. The van der Waals surface area contributed by atoms with Gasteiger partial charge in [-0.25, -0.2) is 4.79 Å². The number of nitrogens with one attached hydrogen (secondary N) is 1. The fraction of sp³-hybridized carbons (Fsp3) is 0.304. The molecule has 0 aliphatic carbocycles. The van der Waals surface area contributed by atoms with E-state index in [0.29, 0.717) is 28.3 Å². The molecule has 5 rings (SSSR count). The normalized spacial score (nSPS) is 18.8. The molecule has 0 fully saturated rings. The molecule has 33 heavy (non-hydrogen) atoms. The topological polar surface area (TPSA) is 111 Å². The van der Waals surface area contributed by atoms with Crippen molar-refractivity contribution in [1.29, 1.82) is 0 Å². The van der Waals surface area contributed by atoms with Crippen molar-refractivity contribution in [3.8, 4) is 11.5 Å². The number of fused-ring (bicyclic) bond motifs is 4. The van der Waals surface area contributed by atoms with Gasteiger partial charge in [0, 0.05) is 11.8 Å². The number of benzene rings is 2. The number of para-hydroxylation sites is 1. The zero-order chi connectivity index (χ0) is 23.1. The molecule has 0 saturated carbocycles. The molecule has 2 atom stereocenters. The predicted octanol–water partition coefficient (Wildman–Crippen LogP) is 2.13. The van der Waals surface area contributed by atoms with Crippen LogP contribution >= 0.6 is 0 Å². The van der Waals surface area contributed by atoms with Crippen LogP contribution in [0.3, 0.4) is 0 Å². The summed E-state index contributed by atoms with van der Waals surface area (Å²) >= 11 is 0. The summed E-state index contributed by atoms with van der Waals surface area (Å²) < 4.78 is 17.4. The first-order chi connectivity index (χ1) is 16.1. The van der Waals surface area contributed by atoms with E-state index in [9.17, 15) is 14.5 Å². The van der Waals surface area contributed by atoms with Gasteiger partial charge in [-0.2, -0.15) is 4.68 Å². The first kappa shape index (κ1) is 21.0. The van der Waals surface area contributed by atoms with E-state index < -0.39 is 18.1 Å². The number of nitrogens with zero attached hydrogens (tertiary/aromatic N) is 3. The summed E-state index contributed by atoms with van der Waals surface area (Å²) in [5, 5.41) is 6.94. The Balaban J connectivity index is 1.81. The number of ether oxygens (including phenoxy) is 3. The van der Waals surface area contributed by atoms with Gasteiger partial charge in [-0.05, 0) is 36.4 Å². The molecule has 3 aromatic rings. The largest absolute Gasteiger partial charge is 0.467 e. The van der Waals surface area contributed by atoms with Crippen LogP contribution in [0.2, 0.25) is 0 Å². The number of hydrogen-bond acceptors (Lipinski definition) is 8. The summed E-state index contributed by atoms with van der Waals surface area (Å²) in [6.45, 7) is 0.0939. The molecule has 1 aromatic heterocycles. The van der Waals surface area contributed by atoms with E-state index in [1.54, 1.807) is 31.3 Å². The van der Waals surface area contributed by atoms with E-state index in [0.717, 1.165) is 10.9 Å². The van der Waals surface area contributed by atoms with Crippen LogP contribution < -0.4 is 14.8 Å². The van der Waals surface area contributed by atoms with Crippen molar-refractivity contribution in [3.05, 3.63) is 64.2 Å². The van der Waals surface area contributed by atoms with Crippen LogP contribution in [0.1, 0.15) is 22.9 Å². The number of likely N-dealkylation sites (N-methyl/N-ethyl adjacent to an activating group) is 1. The number of carbonyl (C=O) groups is 2. The lowest BCUT2D eigenvalue weighted by Crippen LogP contribution is -2.54. The lowest BCUT2D eigenvalue weighted by molar-refractivity contribution is -0.154. The van der Waals surface area contributed by atoms with Gasteiger partial charge in [-0.1, -0.05) is 24.3 Å². The van der Waals surface area contributed by atoms with E-state index in [1.807, 2.05) is 18.2 Å². The summed E-state index contributed by atoms with van der Waals surface area (Å²) in [6, 6.07) is 11.0. The molecule has 2 aliphatic rings. The number of esters is 1. The maximum atomic E-state index is 13.4. The van der Waals surface area contributed by atoms with Gasteiger partial charge in [0.15, 0.2) is 11.5 Å². The molecule has 2 aromatic carbocycles. The van der Waals surface area contributed by atoms with Gasteiger partial charge in [0.05, 0.1) is 30.2 Å². The van der Waals surface area contributed by atoms with Crippen molar-refractivity contribution in [2.24, 2.45) is 5.29 Å². The average Bonchev–Trinajstić information content (AvgIpc) is 3.44. The Bertz CT molecular complexity index is 1270. The minimum Gasteiger partial charge on any atom is -0.467 e. The Morgan fingerprint density at radius 3 is 2.73 bits per heavy atom. The van der Waals surface area contributed by atoms with E-state index in [2.05, 4.69) is 10.6 Å². The number of hydrogen-bond donors (Lipinski definition) is 1. The molecule has 0 radical (unpaired) electrons. The first-order valence-electron chi connectivity index (χ1n) is 10.5. The molecular weight excluding hydrogens is 428 g/mol. The van der Waals surface area contributed by atoms with Crippen molar-refractivity contribution in [3.63, 3.8) is 0 Å². The molecule has 170 valence electrons. The van der Waals surface area contributed by atoms with Gasteiger partial charge >= 0.3 is 5.97 Å². The van der Waals surface area contributed by atoms with Crippen LogP contribution in [0.4, 0.5) is 0 Å². The Kier molecular flexibility index (Phi) is 5.21. The Morgan fingerprint density at radius 2 is 1.97 bits per heavy atom. The Morgan fingerprint density at radius 1 is 1.18 bits per heavy atom. The molecular formula is C23H22N4O6. The maximum absolute atomic E-state index is 13.4. The lowest BCUT2D eigenvalue weighted by atomic mass is 9.87. The summed E-state index contributed by atoms with van der Waals surface area (Å²) in [7, 11) is 2.95. The van der Waals surface area contributed by atoms with E-state index in [-0.39, 0.29) is 25.7 Å². The van der Waals surface area contributed by atoms with Crippen molar-refractivity contribution in [2.45, 2.75) is 18.5 Å². The number of methoxy groups -OCH3 is 1. The van der Waals surface area contributed by atoms with E-state index >= 15 is 0 Å². The fourth-order valence-electron chi connectivity index (χ4n) is 4.79. The van der Waals surface area contributed by atoms with Gasteiger partial charge in [-0.3, -0.25) is 4.79 Å². The third-order valence-corrected chi connectivity index (χ3v) is 6.15. The molecule has 10 nitrogen and oxygen atoms in total. The molecule has 10 heteroatoms. The van der Waals surface area contributed by atoms with E-state index in [4.69, 9.17) is 14.2 Å². The number of nitroso groups, excluding NO2 is 1. The summed E-state index contributed by atoms with van der Waals surface area (Å²) in [5.41, 5.74) is 2.58. The Labute approximate surface area is 189 Å². The fourth-order valence-corrected chi connectivity index (χ4v) is 4.79. The van der Waals surface area contributed by atoms with Crippen LogP contribution in [-0.4, -0.2) is 55.0 Å². The lowest BCUT2D eigenvalue weighted by Gasteiger charge is -2.41. The highest BCUT2D eigenvalue weighted by Gasteiger charge is 2.45. The quantitative estimate of drug-likeness (QED) is 0.468. The third-order valence-electron chi connectivity index (χ3n) is 6.15. The Hall–Kier alpha value is -3.92. The van der Waals surface area contributed by atoms with Crippen LogP contribution in [0.15, 0.2) is 47.8 Å². The van der Waals surface area contributed by atoms with Crippen molar-refractivity contribution >= 4 is 22.8 Å². The van der Waals surface area contributed by atoms with Crippen molar-refractivity contribution in [2.75, 3.05) is 27.5 Å². The van der Waals surface area contributed by atoms with Gasteiger partial charge in [0.2, 0.25) is 12.7 Å². The number of carbonyl (C=O) groups excluding carboxylic acids is 2. The second-order valence-corrected chi connectivity index (χ2v) is 7.86. The zero-order valence-electron chi connectivity index (χ0n) is 18.1. The highest BCUT2D eigenvalue weighted by Crippen LogP contribution is 2.45. The summed E-state index contributed by atoms with van der Waals surface area (Å²) in [4.78, 5) is 39.8. The summed E-state index contributed by atoms with van der Waals surface area (Å²) in [6.07, 6.45) is 0.196. The highest BCUT2D eigenvalue weighted by molar-refractivity contribution is 5.92. The minimum atomic E-state index is -0.885. The molecule has 2 aliphatic heterocycles. The molecule has 0 spiro atoms. The molecule has 3 heterocycles. The second-order valence-electron chi connectivity index (χ2n) is 7.86. The third kappa shape index (κ3) is 3.21. The molecule has 1 amide bonds. The monoisotopic (exact) mass is 450 g/mol. The van der Waals surface area contributed by atoms with Crippen LogP contribution in [0.5, 0.6) is 11.5 Å². The number of rotatable bonds is 5. The molecule has 0 saturated heterocycles. The maximum Gasteiger partial charge on any atom is 0.328 e. The molecule has 0 bridgehead atoms. The van der Waals surface area contributed by atoms with Crippen LogP contribution in [-0.2, 0) is 20.7 Å². The van der Waals surface area contributed by atoms with Crippen molar-refractivity contribution in [1.82, 2.24) is 14.9 Å². The second kappa shape index (κ2) is 8.21. The highest BCUT2D eigenvalue weighted by atomic mass is 16.7. The van der Waals surface area contributed by atoms with Gasteiger partial charge < -0.3 is 24.4 Å². The molecule has 0 unspecified atom stereocenters. The predicted molar refractivity (Wildman–Crippen MR) is 118 cm³/mol. The zero-order valence-corrected chi connectivity index (χ0v) is 18.1. The van der Waals surface area contributed by atoms with Gasteiger partial charge in [-0.15, -0.1) is 4.91 Å². The average molecular weight is 450 g/mol. The summed E-state index contributed by atoms with van der Waals surface area (Å²) in [5.74, 6) is 0.258. The van der Waals surface area contributed by atoms with Gasteiger partial charge in [0.1, 0.15) is 12.1 Å². The number of aromatic nitrogens is 1. The smallest absolute Gasteiger partial charge is 0.328 e. The van der Waals surface area contributed by atoms with Crippen molar-refractivity contribution < 1.29 is 23.8 Å². The van der Waals surface area contributed by atoms with Gasteiger partial charge in [0.25, 0.3) is 0 Å². The number of amides is 1. The molecule has 1 N–H and O–H groups in total.